The van der Waals surface area contributed by atoms with E-state index in [0.717, 1.165) is 12.1 Å². The lowest BCUT2D eigenvalue weighted by Crippen LogP contribution is -2.33. The van der Waals surface area contributed by atoms with Gasteiger partial charge in [0.05, 0.1) is 12.1 Å². The Balaban J connectivity index is 2.17. The minimum absolute atomic E-state index is 0.255. The van der Waals surface area contributed by atoms with Gasteiger partial charge in [-0.1, -0.05) is 24.8 Å². The number of nitrogens with two attached hydrogens (primary N) is 1. The molecule has 108 valence electrons. The molecule has 2 unspecified atom stereocenters. The minimum atomic E-state index is -0.267. The van der Waals surface area contributed by atoms with Crippen molar-refractivity contribution in [3.8, 4) is 11.8 Å². The van der Waals surface area contributed by atoms with E-state index >= 15 is 0 Å². The van der Waals surface area contributed by atoms with Gasteiger partial charge in [-0.05, 0) is 43.9 Å². The summed E-state index contributed by atoms with van der Waals surface area (Å²) in [5, 5.41) is 0. The molecule has 0 saturated carbocycles. The third kappa shape index (κ3) is 3.39. The van der Waals surface area contributed by atoms with Crippen LogP contribution in [0.3, 0.4) is 0 Å². The minimum Gasteiger partial charge on any atom is -0.320 e. The Morgan fingerprint density at radius 3 is 2.90 bits per heavy atom. The zero-order valence-electron chi connectivity index (χ0n) is 12.3. The Kier molecular flexibility index (Phi) is 5.17. The van der Waals surface area contributed by atoms with Crippen LogP contribution < -0.4 is 5.73 Å². The van der Waals surface area contributed by atoms with E-state index in [2.05, 4.69) is 30.6 Å². The van der Waals surface area contributed by atoms with Gasteiger partial charge in [-0.2, -0.15) is 0 Å². The third-order valence-corrected chi connectivity index (χ3v) is 4.15. The number of nitrogens with zero attached hydrogens (tertiary/aromatic N) is 1. The number of benzene rings is 1. The van der Waals surface area contributed by atoms with Gasteiger partial charge in [0.1, 0.15) is 5.82 Å². The highest BCUT2D eigenvalue weighted by molar-refractivity contribution is 5.38. The van der Waals surface area contributed by atoms with E-state index in [-0.39, 0.29) is 12.4 Å². The standard InChI is InChI=1S/C17H23FN2/c1-3-16-8-6-13(2)20(16)12-14-7-9-17(18)15(11-14)5-4-10-19/h7,9,11,13,16H,3,6,8,10,12,19H2,1-2H3. The molecule has 2 rings (SSSR count). The Morgan fingerprint density at radius 2 is 2.20 bits per heavy atom. The van der Waals surface area contributed by atoms with Crippen LogP contribution in [0.4, 0.5) is 4.39 Å². The van der Waals surface area contributed by atoms with Gasteiger partial charge in [-0.25, -0.2) is 4.39 Å². The zero-order valence-corrected chi connectivity index (χ0v) is 12.3. The Morgan fingerprint density at radius 1 is 1.40 bits per heavy atom. The molecule has 0 aliphatic carbocycles. The molecule has 0 amide bonds. The van der Waals surface area contributed by atoms with Gasteiger partial charge in [0.25, 0.3) is 0 Å². The van der Waals surface area contributed by atoms with Crippen LogP contribution in [0.5, 0.6) is 0 Å². The van der Waals surface area contributed by atoms with Crippen LogP contribution >= 0.6 is 0 Å². The fourth-order valence-corrected chi connectivity index (χ4v) is 2.97. The van der Waals surface area contributed by atoms with Crippen LogP contribution in [-0.2, 0) is 6.54 Å². The van der Waals surface area contributed by atoms with Crippen molar-refractivity contribution in [1.29, 1.82) is 0 Å². The Hall–Kier alpha value is -1.37. The summed E-state index contributed by atoms with van der Waals surface area (Å²) >= 11 is 0. The maximum atomic E-state index is 13.7. The second-order valence-corrected chi connectivity index (χ2v) is 5.48. The summed E-state index contributed by atoms with van der Waals surface area (Å²) in [4.78, 5) is 2.52. The molecule has 2 N–H and O–H groups in total. The van der Waals surface area contributed by atoms with Crippen molar-refractivity contribution >= 4 is 0 Å². The van der Waals surface area contributed by atoms with E-state index in [4.69, 9.17) is 5.73 Å². The smallest absolute Gasteiger partial charge is 0.138 e. The van der Waals surface area contributed by atoms with E-state index in [1.54, 1.807) is 0 Å². The molecular weight excluding hydrogens is 251 g/mol. The molecule has 2 nitrogen and oxygen atoms in total. The van der Waals surface area contributed by atoms with E-state index < -0.39 is 0 Å². The maximum Gasteiger partial charge on any atom is 0.138 e. The van der Waals surface area contributed by atoms with Crippen LogP contribution in [0.25, 0.3) is 0 Å². The maximum absolute atomic E-state index is 13.7. The Bertz CT molecular complexity index is 515. The number of halogens is 1. The fourth-order valence-electron chi connectivity index (χ4n) is 2.97. The van der Waals surface area contributed by atoms with Gasteiger partial charge in [0, 0.05) is 18.6 Å². The molecule has 1 heterocycles. The Labute approximate surface area is 121 Å². The molecule has 3 heteroatoms. The van der Waals surface area contributed by atoms with Crippen molar-refractivity contribution in [1.82, 2.24) is 4.90 Å². The molecule has 1 aromatic carbocycles. The van der Waals surface area contributed by atoms with Gasteiger partial charge < -0.3 is 5.73 Å². The van der Waals surface area contributed by atoms with Gasteiger partial charge in [0.15, 0.2) is 0 Å². The van der Waals surface area contributed by atoms with Gasteiger partial charge in [-0.15, -0.1) is 0 Å². The van der Waals surface area contributed by atoms with Crippen molar-refractivity contribution in [3.05, 3.63) is 35.1 Å². The lowest BCUT2D eigenvalue weighted by molar-refractivity contribution is 0.189. The van der Waals surface area contributed by atoms with Crippen LogP contribution in [0.2, 0.25) is 0 Å². The first-order chi connectivity index (χ1) is 9.65. The van der Waals surface area contributed by atoms with E-state index in [0.29, 0.717) is 17.6 Å². The highest BCUT2D eigenvalue weighted by Gasteiger charge is 2.28. The number of hydrogen-bond donors (Lipinski definition) is 1. The predicted octanol–water partition coefficient (Wildman–Crippen LogP) is 2.90. The molecule has 1 fully saturated rings. The van der Waals surface area contributed by atoms with Crippen molar-refractivity contribution in [2.75, 3.05) is 6.54 Å². The van der Waals surface area contributed by atoms with Crippen LogP contribution in [0, 0.1) is 17.7 Å². The molecule has 1 aliphatic heterocycles. The van der Waals surface area contributed by atoms with Crippen molar-refractivity contribution < 1.29 is 4.39 Å². The number of rotatable bonds is 3. The molecular formula is C17H23FN2. The quantitative estimate of drug-likeness (QED) is 0.859. The van der Waals surface area contributed by atoms with Crippen LogP contribution in [0.1, 0.15) is 44.2 Å². The highest BCUT2D eigenvalue weighted by Crippen LogP contribution is 2.28. The largest absolute Gasteiger partial charge is 0.320 e. The summed E-state index contributed by atoms with van der Waals surface area (Å²) in [6, 6.07) is 6.48. The van der Waals surface area contributed by atoms with Gasteiger partial charge >= 0.3 is 0 Å². The van der Waals surface area contributed by atoms with Crippen molar-refractivity contribution in [2.45, 2.75) is 51.7 Å². The SMILES string of the molecule is CCC1CCC(C)N1Cc1ccc(F)c(C#CCN)c1. The normalized spacial score (nSPS) is 22.6. The second kappa shape index (κ2) is 6.88. The summed E-state index contributed by atoms with van der Waals surface area (Å²) in [5.41, 5.74) is 6.92. The summed E-state index contributed by atoms with van der Waals surface area (Å²) in [5.74, 6) is 5.26. The lowest BCUT2D eigenvalue weighted by atomic mass is 10.1. The zero-order chi connectivity index (χ0) is 14.5. The molecule has 2 atom stereocenters. The average molecular weight is 274 g/mol. The molecule has 1 saturated heterocycles. The molecule has 0 bridgehead atoms. The van der Waals surface area contributed by atoms with E-state index in [1.807, 2.05) is 12.1 Å². The first-order valence-electron chi connectivity index (χ1n) is 7.38. The topological polar surface area (TPSA) is 29.3 Å². The van der Waals surface area contributed by atoms with Crippen LogP contribution in [0.15, 0.2) is 18.2 Å². The molecule has 1 aromatic rings. The molecule has 0 spiro atoms. The summed E-state index contributed by atoms with van der Waals surface area (Å²) in [6.07, 6.45) is 3.68. The van der Waals surface area contributed by atoms with E-state index in [1.165, 1.54) is 25.3 Å². The fraction of sp³-hybridized carbons (Fsp3) is 0.529. The van der Waals surface area contributed by atoms with Crippen molar-refractivity contribution in [2.24, 2.45) is 5.73 Å². The average Bonchev–Trinajstić information content (AvgIpc) is 2.80. The van der Waals surface area contributed by atoms with E-state index in [9.17, 15) is 4.39 Å². The van der Waals surface area contributed by atoms with Crippen LogP contribution in [-0.4, -0.2) is 23.5 Å². The summed E-state index contributed by atoms with van der Waals surface area (Å²) < 4.78 is 13.7. The molecule has 0 aromatic heterocycles. The highest BCUT2D eigenvalue weighted by atomic mass is 19.1. The van der Waals surface area contributed by atoms with Gasteiger partial charge in [-0.3, -0.25) is 4.90 Å². The summed E-state index contributed by atoms with van der Waals surface area (Å²) in [7, 11) is 0. The number of hydrogen-bond acceptors (Lipinski definition) is 2. The van der Waals surface area contributed by atoms with Gasteiger partial charge in [0.2, 0.25) is 0 Å². The monoisotopic (exact) mass is 274 g/mol. The molecule has 20 heavy (non-hydrogen) atoms. The summed E-state index contributed by atoms with van der Waals surface area (Å²) in [6.45, 7) is 5.63. The first-order valence-corrected chi connectivity index (χ1v) is 7.38. The predicted molar refractivity (Wildman–Crippen MR) is 80.7 cm³/mol. The van der Waals surface area contributed by atoms with Crippen molar-refractivity contribution in [3.63, 3.8) is 0 Å². The second-order valence-electron chi connectivity index (χ2n) is 5.48. The molecule has 0 radical (unpaired) electrons. The third-order valence-electron chi connectivity index (χ3n) is 4.15. The first kappa shape index (κ1) is 15.0. The lowest BCUT2D eigenvalue weighted by Gasteiger charge is -2.27. The molecule has 1 aliphatic rings. The number of likely N-dealkylation sites (tertiary alicyclic amines) is 1.